The molecule has 1 aliphatic rings. The van der Waals surface area contributed by atoms with Crippen molar-refractivity contribution in [3.63, 3.8) is 0 Å². The van der Waals surface area contributed by atoms with Crippen molar-refractivity contribution >= 4 is 5.97 Å². The van der Waals surface area contributed by atoms with Gasteiger partial charge in [0, 0.05) is 18.7 Å². The Morgan fingerprint density at radius 1 is 1.67 bits per heavy atom. The van der Waals surface area contributed by atoms with Crippen LogP contribution in [0.2, 0.25) is 0 Å². The molecule has 5 nitrogen and oxygen atoms in total. The average molecular weight is 208 g/mol. The van der Waals surface area contributed by atoms with Crippen LogP contribution in [0.15, 0.2) is 11.0 Å². The fourth-order valence-corrected chi connectivity index (χ4v) is 1.97. The third-order valence-electron chi connectivity index (χ3n) is 2.76. The van der Waals surface area contributed by atoms with Gasteiger partial charge in [-0.2, -0.15) is 0 Å². The largest absolute Gasteiger partial charge is 0.477 e. The van der Waals surface area contributed by atoms with E-state index >= 15 is 0 Å². The fourth-order valence-electron chi connectivity index (χ4n) is 1.97. The van der Waals surface area contributed by atoms with Crippen molar-refractivity contribution in [1.82, 2.24) is 9.55 Å². The quantitative estimate of drug-likeness (QED) is 0.742. The molecule has 1 unspecified atom stereocenters. The van der Waals surface area contributed by atoms with Crippen LogP contribution < -0.4 is 5.56 Å². The Balaban J connectivity index is 2.65. The minimum Gasteiger partial charge on any atom is -0.477 e. The van der Waals surface area contributed by atoms with E-state index in [1.54, 1.807) is 0 Å². The van der Waals surface area contributed by atoms with Crippen LogP contribution in [0.1, 0.15) is 42.0 Å². The number of rotatable bonds is 1. The van der Waals surface area contributed by atoms with Gasteiger partial charge in [-0.1, -0.05) is 0 Å². The van der Waals surface area contributed by atoms with Crippen LogP contribution in [0.3, 0.4) is 0 Å². The first-order valence-electron chi connectivity index (χ1n) is 4.95. The normalized spacial score (nSPS) is 19.7. The summed E-state index contributed by atoms with van der Waals surface area (Å²) >= 11 is 0. The third-order valence-corrected chi connectivity index (χ3v) is 2.76. The van der Waals surface area contributed by atoms with Crippen molar-refractivity contribution < 1.29 is 9.90 Å². The second-order valence-corrected chi connectivity index (χ2v) is 3.81. The van der Waals surface area contributed by atoms with E-state index in [4.69, 9.17) is 5.11 Å². The third kappa shape index (κ3) is 1.54. The highest BCUT2D eigenvalue weighted by Crippen LogP contribution is 2.20. The number of hydrogen-bond donors (Lipinski definition) is 1. The summed E-state index contributed by atoms with van der Waals surface area (Å²) in [6, 6.07) is 0.0491. The predicted molar refractivity (Wildman–Crippen MR) is 53.1 cm³/mol. The molecule has 0 aromatic carbocycles. The van der Waals surface area contributed by atoms with E-state index < -0.39 is 11.5 Å². The maximum atomic E-state index is 11.8. The van der Waals surface area contributed by atoms with Crippen LogP contribution in [0, 0.1) is 0 Å². The van der Waals surface area contributed by atoms with Crippen LogP contribution in [-0.2, 0) is 6.42 Å². The number of fused-ring (bicyclic) bond motifs is 1. The number of nitrogens with zero attached hydrogens (tertiary/aromatic N) is 2. The molecular weight excluding hydrogens is 196 g/mol. The van der Waals surface area contributed by atoms with Gasteiger partial charge in [-0.15, -0.1) is 0 Å². The van der Waals surface area contributed by atoms with Gasteiger partial charge in [0.2, 0.25) is 0 Å². The summed E-state index contributed by atoms with van der Waals surface area (Å²) in [6.07, 6.45) is 3.81. The molecule has 15 heavy (non-hydrogen) atoms. The number of carboxylic acids is 1. The second-order valence-electron chi connectivity index (χ2n) is 3.81. The number of carboxylic acid groups (broad SMARTS) is 1. The monoisotopic (exact) mass is 208 g/mol. The summed E-state index contributed by atoms with van der Waals surface area (Å²) in [5.74, 6) is -0.510. The summed E-state index contributed by atoms with van der Waals surface area (Å²) in [5.41, 5.74) is -0.674. The zero-order chi connectivity index (χ0) is 11.0. The molecule has 1 aliphatic heterocycles. The van der Waals surface area contributed by atoms with Gasteiger partial charge in [-0.25, -0.2) is 9.78 Å². The Morgan fingerprint density at radius 2 is 2.40 bits per heavy atom. The predicted octanol–water partition coefficient (Wildman–Crippen LogP) is 0.839. The van der Waals surface area contributed by atoms with Gasteiger partial charge >= 0.3 is 5.97 Å². The van der Waals surface area contributed by atoms with Gasteiger partial charge in [0.15, 0.2) is 0 Å². The lowest BCUT2D eigenvalue weighted by Crippen LogP contribution is -2.34. The van der Waals surface area contributed by atoms with E-state index in [0.29, 0.717) is 5.82 Å². The summed E-state index contributed by atoms with van der Waals surface area (Å²) in [6.45, 7) is 1.91. The first-order valence-corrected chi connectivity index (χ1v) is 4.95. The number of hydrogen-bond acceptors (Lipinski definition) is 3. The zero-order valence-electron chi connectivity index (χ0n) is 8.43. The molecule has 0 bridgehead atoms. The Kier molecular flexibility index (Phi) is 2.30. The Labute approximate surface area is 86.4 Å². The van der Waals surface area contributed by atoms with Crippen LogP contribution >= 0.6 is 0 Å². The molecule has 2 rings (SSSR count). The summed E-state index contributed by atoms with van der Waals surface area (Å²) in [5, 5.41) is 8.80. The molecule has 1 aromatic rings. The number of aromatic nitrogens is 2. The highest BCUT2D eigenvalue weighted by Gasteiger charge is 2.21. The van der Waals surface area contributed by atoms with Gasteiger partial charge in [0.1, 0.15) is 11.4 Å². The molecule has 0 saturated heterocycles. The Hall–Kier alpha value is -1.65. The van der Waals surface area contributed by atoms with E-state index in [2.05, 4.69) is 4.98 Å². The smallest absolute Gasteiger partial charge is 0.342 e. The molecule has 0 saturated carbocycles. The second kappa shape index (κ2) is 3.49. The molecular formula is C10H12N2O3. The number of aromatic carboxylic acids is 1. The number of carbonyl (C=O) groups is 1. The van der Waals surface area contributed by atoms with Crippen LogP contribution in [0.5, 0.6) is 0 Å². The summed E-state index contributed by atoms with van der Waals surface area (Å²) in [4.78, 5) is 26.6. The molecule has 1 aromatic heterocycles. The summed E-state index contributed by atoms with van der Waals surface area (Å²) < 4.78 is 1.51. The van der Waals surface area contributed by atoms with Gasteiger partial charge in [0.05, 0.1) is 0 Å². The van der Waals surface area contributed by atoms with Crippen LogP contribution in [0.25, 0.3) is 0 Å². The first kappa shape index (κ1) is 9.89. The minimum absolute atomic E-state index is 0.0491. The molecule has 0 radical (unpaired) electrons. The lowest BCUT2D eigenvalue weighted by molar-refractivity contribution is 0.0693. The van der Waals surface area contributed by atoms with E-state index in [1.807, 2.05) is 6.92 Å². The molecule has 0 aliphatic carbocycles. The topological polar surface area (TPSA) is 72.2 Å². The van der Waals surface area contributed by atoms with Crippen LogP contribution in [-0.4, -0.2) is 20.6 Å². The molecule has 1 atom stereocenters. The van der Waals surface area contributed by atoms with E-state index in [9.17, 15) is 9.59 Å². The van der Waals surface area contributed by atoms with Gasteiger partial charge in [-0.3, -0.25) is 9.36 Å². The van der Waals surface area contributed by atoms with Crippen molar-refractivity contribution in [3.8, 4) is 0 Å². The number of aryl methyl sites for hydroxylation is 1. The molecule has 0 fully saturated rings. The molecule has 1 N–H and O–H groups in total. The maximum absolute atomic E-state index is 11.8. The van der Waals surface area contributed by atoms with Crippen molar-refractivity contribution in [2.45, 2.75) is 32.2 Å². The minimum atomic E-state index is -1.21. The highest BCUT2D eigenvalue weighted by atomic mass is 16.4. The lowest BCUT2D eigenvalue weighted by Gasteiger charge is -2.23. The van der Waals surface area contributed by atoms with Crippen molar-refractivity contribution in [1.29, 1.82) is 0 Å². The molecule has 5 heteroatoms. The lowest BCUT2D eigenvalue weighted by atomic mass is 10.1. The van der Waals surface area contributed by atoms with Crippen molar-refractivity contribution in [2.75, 3.05) is 0 Å². The van der Waals surface area contributed by atoms with Gasteiger partial charge in [0.25, 0.3) is 5.56 Å². The maximum Gasteiger partial charge on any atom is 0.342 e. The SMILES string of the molecule is CC1CCCc2ncc(C(=O)O)c(=O)n21. The first-order chi connectivity index (χ1) is 7.11. The highest BCUT2D eigenvalue weighted by molar-refractivity contribution is 5.86. The van der Waals surface area contributed by atoms with Gasteiger partial charge in [-0.05, 0) is 19.8 Å². The van der Waals surface area contributed by atoms with Crippen molar-refractivity contribution in [3.05, 3.63) is 27.9 Å². The van der Waals surface area contributed by atoms with Crippen LogP contribution in [0.4, 0.5) is 0 Å². The zero-order valence-corrected chi connectivity index (χ0v) is 8.43. The average Bonchev–Trinajstić information content (AvgIpc) is 2.17. The fraction of sp³-hybridized carbons (Fsp3) is 0.500. The molecule has 80 valence electrons. The Bertz CT molecular complexity index is 464. The van der Waals surface area contributed by atoms with E-state index in [1.165, 1.54) is 4.57 Å². The van der Waals surface area contributed by atoms with E-state index in [-0.39, 0.29) is 11.6 Å². The van der Waals surface area contributed by atoms with E-state index in [0.717, 1.165) is 25.5 Å². The molecule has 2 heterocycles. The standard InChI is InChI=1S/C10H12N2O3/c1-6-3-2-4-8-11-5-7(10(14)15)9(13)12(6)8/h5-6H,2-4H2,1H3,(H,14,15). The van der Waals surface area contributed by atoms with Gasteiger partial charge < -0.3 is 5.11 Å². The summed E-state index contributed by atoms with van der Waals surface area (Å²) in [7, 11) is 0. The molecule has 0 spiro atoms. The Morgan fingerprint density at radius 3 is 3.07 bits per heavy atom. The molecule has 0 amide bonds. The van der Waals surface area contributed by atoms with Crippen molar-refractivity contribution in [2.24, 2.45) is 0 Å².